The topological polar surface area (TPSA) is 66.6 Å². The van der Waals surface area contributed by atoms with Gasteiger partial charge in [-0.15, -0.1) is 0 Å². The average molecular weight is 299 g/mol. The van der Waals surface area contributed by atoms with Crippen LogP contribution in [0.4, 0.5) is 0 Å². The van der Waals surface area contributed by atoms with Crippen molar-refractivity contribution < 1.29 is 9.90 Å². The van der Waals surface area contributed by atoms with Gasteiger partial charge >= 0.3 is 5.97 Å². The Morgan fingerprint density at radius 3 is 2.45 bits per heavy atom. The first-order chi connectivity index (χ1) is 9.54. The molecule has 112 valence electrons. The molecule has 1 aromatic rings. The van der Waals surface area contributed by atoms with Gasteiger partial charge in [0.1, 0.15) is 0 Å². The lowest BCUT2D eigenvalue weighted by atomic mass is 10.1. The smallest absolute Gasteiger partial charge is 0.303 e. The summed E-state index contributed by atoms with van der Waals surface area (Å²) in [6, 6.07) is 8.02. The number of rotatable bonds is 9. The molecule has 0 aliphatic carbocycles. The molecule has 4 nitrogen and oxygen atoms in total. The third-order valence-electron chi connectivity index (χ3n) is 3.39. The van der Waals surface area contributed by atoms with Gasteiger partial charge < -0.3 is 10.8 Å². The number of aliphatic carboxylic acids is 1. The fraction of sp³-hybridized carbons (Fsp3) is 0.533. The van der Waals surface area contributed by atoms with Crippen LogP contribution in [0.2, 0.25) is 5.02 Å². The van der Waals surface area contributed by atoms with Crippen LogP contribution in [-0.4, -0.2) is 35.6 Å². The van der Waals surface area contributed by atoms with Crippen molar-refractivity contribution in [3.8, 4) is 0 Å². The minimum atomic E-state index is -0.747. The fourth-order valence-electron chi connectivity index (χ4n) is 2.18. The number of carbonyl (C=O) groups is 1. The fourth-order valence-corrected chi connectivity index (χ4v) is 2.30. The maximum absolute atomic E-state index is 10.6. The zero-order valence-electron chi connectivity index (χ0n) is 11.9. The third kappa shape index (κ3) is 5.90. The molecule has 0 bridgehead atoms. The van der Waals surface area contributed by atoms with Crippen molar-refractivity contribution in [3.63, 3.8) is 0 Å². The number of nitrogens with zero attached hydrogens (tertiary/aromatic N) is 1. The molecular weight excluding hydrogens is 276 g/mol. The Balaban J connectivity index is 2.64. The van der Waals surface area contributed by atoms with E-state index in [2.05, 4.69) is 11.8 Å². The van der Waals surface area contributed by atoms with Crippen molar-refractivity contribution in [2.75, 3.05) is 19.6 Å². The van der Waals surface area contributed by atoms with E-state index in [-0.39, 0.29) is 12.5 Å². The molecule has 0 aliphatic heterocycles. The molecule has 0 aromatic heterocycles. The quantitative estimate of drug-likeness (QED) is 0.735. The molecular formula is C15H23ClN2O2. The summed E-state index contributed by atoms with van der Waals surface area (Å²) in [6.07, 6.45) is 1.76. The van der Waals surface area contributed by atoms with E-state index in [0.717, 1.165) is 24.5 Å². The number of hydrogen-bond donors (Lipinski definition) is 2. The molecule has 0 amide bonds. The van der Waals surface area contributed by atoms with Gasteiger partial charge in [0.05, 0.1) is 0 Å². The first kappa shape index (κ1) is 17.0. The van der Waals surface area contributed by atoms with Crippen LogP contribution < -0.4 is 5.73 Å². The lowest BCUT2D eigenvalue weighted by Crippen LogP contribution is -2.30. The maximum Gasteiger partial charge on any atom is 0.303 e. The molecule has 5 heteroatoms. The Morgan fingerprint density at radius 1 is 1.30 bits per heavy atom. The molecule has 0 fully saturated rings. The Labute approximate surface area is 125 Å². The first-order valence-corrected chi connectivity index (χ1v) is 7.33. The number of halogens is 1. The molecule has 0 aliphatic rings. The van der Waals surface area contributed by atoms with Crippen molar-refractivity contribution in [2.24, 2.45) is 5.73 Å². The second-order valence-corrected chi connectivity index (χ2v) is 5.34. The number of benzene rings is 1. The van der Waals surface area contributed by atoms with E-state index in [0.29, 0.717) is 13.0 Å². The monoisotopic (exact) mass is 298 g/mol. The molecule has 0 spiro atoms. The highest BCUT2D eigenvalue weighted by Crippen LogP contribution is 2.22. The number of carboxylic acids is 1. The summed E-state index contributed by atoms with van der Waals surface area (Å²) in [5.74, 6) is -0.747. The Bertz CT molecular complexity index is 409. The summed E-state index contributed by atoms with van der Waals surface area (Å²) >= 11 is 5.90. The number of carboxylic acid groups (broad SMARTS) is 1. The molecule has 0 saturated heterocycles. The molecule has 1 aromatic carbocycles. The summed E-state index contributed by atoms with van der Waals surface area (Å²) in [5, 5.41) is 9.46. The summed E-state index contributed by atoms with van der Waals surface area (Å²) in [4.78, 5) is 12.9. The van der Waals surface area contributed by atoms with Gasteiger partial charge in [0.2, 0.25) is 0 Å². The molecule has 3 N–H and O–H groups in total. The highest BCUT2D eigenvalue weighted by atomic mass is 35.5. The summed E-state index contributed by atoms with van der Waals surface area (Å²) in [7, 11) is 0. The van der Waals surface area contributed by atoms with Gasteiger partial charge in [0.25, 0.3) is 0 Å². The number of hydrogen-bond acceptors (Lipinski definition) is 3. The van der Waals surface area contributed by atoms with Crippen LogP contribution in [0.25, 0.3) is 0 Å². The zero-order chi connectivity index (χ0) is 15.0. The summed E-state index contributed by atoms with van der Waals surface area (Å²) in [6.45, 7) is 4.40. The largest absolute Gasteiger partial charge is 0.481 e. The minimum Gasteiger partial charge on any atom is -0.481 e. The van der Waals surface area contributed by atoms with E-state index in [9.17, 15) is 4.79 Å². The van der Waals surface area contributed by atoms with Gasteiger partial charge in [-0.2, -0.15) is 0 Å². The molecule has 0 radical (unpaired) electrons. The Morgan fingerprint density at radius 2 is 1.90 bits per heavy atom. The van der Waals surface area contributed by atoms with E-state index < -0.39 is 5.97 Å². The van der Waals surface area contributed by atoms with Crippen LogP contribution in [0.15, 0.2) is 24.3 Å². The molecule has 1 unspecified atom stereocenters. The molecule has 1 rings (SSSR count). The van der Waals surface area contributed by atoms with Gasteiger partial charge in [-0.1, -0.05) is 23.7 Å². The van der Waals surface area contributed by atoms with E-state index in [1.165, 1.54) is 5.56 Å². The van der Waals surface area contributed by atoms with Crippen LogP contribution in [0.1, 0.15) is 37.8 Å². The SMILES string of the molecule is CC(c1ccc(Cl)cc1)N(CCCN)CCCC(=O)O. The lowest BCUT2D eigenvalue weighted by Gasteiger charge is -2.29. The van der Waals surface area contributed by atoms with Gasteiger partial charge in [-0.3, -0.25) is 9.69 Å². The third-order valence-corrected chi connectivity index (χ3v) is 3.64. The standard InChI is InChI=1S/C15H23ClN2O2/c1-12(13-5-7-14(16)8-6-13)18(11-3-9-17)10-2-4-15(19)20/h5-8,12H,2-4,9-11,17H2,1H3,(H,19,20). The van der Waals surface area contributed by atoms with Crippen LogP contribution in [0, 0.1) is 0 Å². The van der Waals surface area contributed by atoms with Crippen LogP contribution in [-0.2, 0) is 4.79 Å². The van der Waals surface area contributed by atoms with E-state index in [1.54, 1.807) is 0 Å². The van der Waals surface area contributed by atoms with Crippen LogP contribution >= 0.6 is 11.6 Å². The van der Waals surface area contributed by atoms with E-state index in [4.69, 9.17) is 22.4 Å². The van der Waals surface area contributed by atoms with Gasteiger partial charge in [0, 0.05) is 17.5 Å². The Kier molecular flexibility index (Phi) is 7.59. The predicted octanol–water partition coefficient (Wildman–Crippen LogP) is 2.92. The van der Waals surface area contributed by atoms with Crippen LogP contribution in [0.5, 0.6) is 0 Å². The van der Waals surface area contributed by atoms with Crippen LogP contribution in [0.3, 0.4) is 0 Å². The van der Waals surface area contributed by atoms with Gasteiger partial charge in [-0.25, -0.2) is 0 Å². The second kappa shape index (κ2) is 8.95. The predicted molar refractivity (Wildman–Crippen MR) is 82.0 cm³/mol. The average Bonchev–Trinajstić information content (AvgIpc) is 2.42. The first-order valence-electron chi connectivity index (χ1n) is 6.96. The minimum absolute atomic E-state index is 0.201. The summed E-state index contributed by atoms with van der Waals surface area (Å²) < 4.78 is 0. The molecule has 20 heavy (non-hydrogen) atoms. The van der Waals surface area contributed by atoms with Crippen molar-refractivity contribution in [2.45, 2.75) is 32.2 Å². The highest BCUT2D eigenvalue weighted by Gasteiger charge is 2.15. The van der Waals surface area contributed by atoms with Crippen molar-refractivity contribution in [1.29, 1.82) is 0 Å². The summed E-state index contributed by atoms with van der Waals surface area (Å²) in [5.41, 5.74) is 6.76. The Hall–Kier alpha value is -1.10. The van der Waals surface area contributed by atoms with Gasteiger partial charge in [0.15, 0.2) is 0 Å². The molecule has 0 heterocycles. The maximum atomic E-state index is 10.6. The van der Waals surface area contributed by atoms with Crippen molar-refractivity contribution in [1.82, 2.24) is 4.90 Å². The molecule has 1 atom stereocenters. The lowest BCUT2D eigenvalue weighted by molar-refractivity contribution is -0.137. The second-order valence-electron chi connectivity index (χ2n) is 4.90. The zero-order valence-corrected chi connectivity index (χ0v) is 12.6. The highest BCUT2D eigenvalue weighted by molar-refractivity contribution is 6.30. The van der Waals surface area contributed by atoms with Crippen molar-refractivity contribution in [3.05, 3.63) is 34.9 Å². The molecule has 0 saturated carbocycles. The van der Waals surface area contributed by atoms with Crippen molar-refractivity contribution >= 4 is 17.6 Å². The normalized spacial score (nSPS) is 12.6. The van der Waals surface area contributed by atoms with E-state index in [1.807, 2.05) is 24.3 Å². The number of nitrogens with two attached hydrogens (primary N) is 1. The van der Waals surface area contributed by atoms with Gasteiger partial charge in [-0.05, 0) is 57.1 Å². The van der Waals surface area contributed by atoms with E-state index >= 15 is 0 Å².